The third-order valence-corrected chi connectivity index (χ3v) is 9.99. The lowest BCUT2D eigenvalue weighted by Gasteiger charge is -2.21. The summed E-state index contributed by atoms with van der Waals surface area (Å²) in [5, 5.41) is 10.5. The second kappa shape index (κ2) is 10.8. The second-order valence-corrected chi connectivity index (χ2v) is 12.9. The van der Waals surface area contributed by atoms with Crippen molar-refractivity contribution >= 4 is 61.0 Å². The summed E-state index contributed by atoms with van der Waals surface area (Å²) in [5.41, 5.74) is 13.7. The average Bonchev–Trinajstić information content (AvgIpc) is 3.67. The van der Waals surface area contributed by atoms with Crippen LogP contribution in [0.5, 0.6) is 0 Å². The largest absolute Gasteiger partial charge is 0.323 e. The average molecular weight is 643 g/mol. The van der Waals surface area contributed by atoms with Gasteiger partial charge in [-0.1, -0.05) is 85.4 Å². The minimum Gasteiger partial charge on any atom is -0.309 e. The van der Waals surface area contributed by atoms with Crippen molar-refractivity contribution in [2.24, 2.45) is 0 Å². The predicted octanol–water partition coefficient (Wildman–Crippen LogP) is 11.3. The molecule has 5 nitrogen and oxygen atoms in total. The Morgan fingerprint density at radius 2 is 0.860 bits per heavy atom. The summed E-state index contributed by atoms with van der Waals surface area (Å²) in [6.07, 6.45) is 0. The SMILES string of the molecule is C=C1NC(=O)Nc2ccc(-c3ccc4c(c3)c3cc(-c5ccc6c(c5)c5ccccc5n6-c5ccccc5)ccc3n4-c3ccccc3)cc21. The first-order valence-corrected chi connectivity index (χ1v) is 16.8. The van der Waals surface area contributed by atoms with E-state index in [1.165, 1.54) is 43.7 Å². The van der Waals surface area contributed by atoms with E-state index in [1.54, 1.807) is 0 Å². The van der Waals surface area contributed by atoms with Crippen molar-refractivity contribution in [1.82, 2.24) is 14.5 Å². The van der Waals surface area contributed by atoms with Crippen molar-refractivity contribution in [2.75, 3.05) is 5.32 Å². The maximum absolute atomic E-state index is 12.0. The van der Waals surface area contributed by atoms with Gasteiger partial charge in [-0.15, -0.1) is 0 Å². The molecule has 0 spiro atoms. The summed E-state index contributed by atoms with van der Waals surface area (Å²) < 4.78 is 4.70. The number of benzene rings is 7. The van der Waals surface area contributed by atoms with Crippen molar-refractivity contribution in [3.05, 3.63) is 170 Å². The number of para-hydroxylation sites is 3. The number of amides is 2. The second-order valence-electron chi connectivity index (χ2n) is 12.9. The highest BCUT2D eigenvalue weighted by Crippen LogP contribution is 2.40. The van der Waals surface area contributed by atoms with Gasteiger partial charge in [0.25, 0.3) is 0 Å². The Labute approximate surface area is 288 Å². The van der Waals surface area contributed by atoms with Crippen LogP contribution in [0.2, 0.25) is 0 Å². The molecule has 2 aromatic heterocycles. The number of hydrogen-bond acceptors (Lipinski definition) is 1. The molecule has 7 aromatic carbocycles. The van der Waals surface area contributed by atoms with Crippen LogP contribution in [0.25, 0.3) is 82.9 Å². The molecule has 0 radical (unpaired) electrons. The van der Waals surface area contributed by atoms with Crippen LogP contribution in [-0.4, -0.2) is 15.2 Å². The number of carbonyl (C=O) groups excluding carboxylic acids is 1. The fraction of sp³-hybridized carbons (Fsp3) is 0. The molecule has 0 saturated carbocycles. The zero-order valence-electron chi connectivity index (χ0n) is 27.0. The number of nitrogens with zero attached hydrogens (tertiary/aromatic N) is 2. The molecule has 9 aromatic rings. The molecule has 10 rings (SSSR count). The quantitative estimate of drug-likeness (QED) is 0.197. The molecule has 0 saturated heterocycles. The van der Waals surface area contributed by atoms with Crippen molar-refractivity contribution in [2.45, 2.75) is 0 Å². The van der Waals surface area contributed by atoms with Crippen LogP contribution < -0.4 is 10.6 Å². The number of rotatable bonds is 4. The van der Waals surface area contributed by atoms with E-state index in [9.17, 15) is 4.79 Å². The number of aromatic nitrogens is 2. The summed E-state index contributed by atoms with van der Waals surface area (Å²) >= 11 is 0. The van der Waals surface area contributed by atoms with Gasteiger partial charge >= 0.3 is 6.03 Å². The molecule has 0 bridgehead atoms. The fourth-order valence-electron chi connectivity index (χ4n) is 7.69. The molecule has 236 valence electrons. The van der Waals surface area contributed by atoms with E-state index in [1.807, 2.05) is 6.07 Å². The minimum atomic E-state index is -0.262. The topological polar surface area (TPSA) is 51.0 Å². The van der Waals surface area contributed by atoms with Crippen LogP contribution in [-0.2, 0) is 0 Å². The minimum absolute atomic E-state index is 0.262. The Balaban J connectivity index is 1.17. The van der Waals surface area contributed by atoms with Gasteiger partial charge in [0.2, 0.25) is 0 Å². The van der Waals surface area contributed by atoms with Gasteiger partial charge in [-0.05, 0) is 101 Å². The van der Waals surface area contributed by atoms with E-state index >= 15 is 0 Å². The monoisotopic (exact) mass is 642 g/mol. The molecular weight excluding hydrogens is 613 g/mol. The van der Waals surface area contributed by atoms with Crippen molar-refractivity contribution in [1.29, 1.82) is 0 Å². The van der Waals surface area contributed by atoms with E-state index in [4.69, 9.17) is 0 Å². The zero-order valence-corrected chi connectivity index (χ0v) is 27.0. The van der Waals surface area contributed by atoms with Crippen LogP contribution >= 0.6 is 0 Å². The molecule has 0 aliphatic carbocycles. The standard InChI is InChI=1S/C45H30N4O/c1-28-36-24-29(16-20-40(36)47-45(50)46-28)31-18-22-43-38(26-31)39-27-32(19-23-44(39)49(43)34-12-6-3-7-13-34)30-17-21-42-37(25-30)35-14-8-9-15-41(35)48(42)33-10-4-2-5-11-33/h2-27H,1H2,(H2,46,47,50). The summed E-state index contributed by atoms with van der Waals surface area (Å²) in [7, 11) is 0. The summed E-state index contributed by atoms with van der Waals surface area (Å²) in [5.74, 6) is 0. The first-order chi connectivity index (χ1) is 24.6. The van der Waals surface area contributed by atoms with Crippen molar-refractivity contribution < 1.29 is 4.79 Å². The first-order valence-electron chi connectivity index (χ1n) is 16.8. The molecule has 50 heavy (non-hydrogen) atoms. The van der Waals surface area contributed by atoms with E-state index in [2.05, 4.69) is 178 Å². The number of carbonyl (C=O) groups is 1. The number of urea groups is 1. The molecule has 0 unspecified atom stereocenters. The molecule has 2 amide bonds. The summed E-state index contributed by atoms with van der Waals surface area (Å²) in [6.45, 7) is 4.08. The third kappa shape index (κ3) is 4.30. The summed E-state index contributed by atoms with van der Waals surface area (Å²) in [6, 6.07) is 56.0. The molecule has 3 heterocycles. The van der Waals surface area contributed by atoms with E-state index in [0.29, 0.717) is 5.70 Å². The maximum Gasteiger partial charge on any atom is 0.323 e. The number of anilines is 1. The number of fused-ring (bicyclic) bond motifs is 7. The molecule has 1 aliphatic rings. The molecule has 0 atom stereocenters. The van der Waals surface area contributed by atoms with Crippen molar-refractivity contribution in [3.63, 3.8) is 0 Å². The lowest BCUT2D eigenvalue weighted by Crippen LogP contribution is -2.31. The number of hydrogen-bond donors (Lipinski definition) is 2. The molecular formula is C45H30N4O. The lowest BCUT2D eigenvalue weighted by atomic mass is 9.97. The van der Waals surface area contributed by atoms with Crippen LogP contribution in [0.1, 0.15) is 5.56 Å². The van der Waals surface area contributed by atoms with Gasteiger partial charge in [0, 0.05) is 44.2 Å². The Bertz CT molecular complexity index is 2840. The third-order valence-electron chi connectivity index (χ3n) is 9.99. The fourth-order valence-corrected chi connectivity index (χ4v) is 7.69. The Morgan fingerprint density at radius 1 is 0.420 bits per heavy atom. The zero-order chi connectivity index (χ0) is 33.3. The highest BCUT2D eigenvalue weighted by Gasteiger charge is 2.20. The molecule has 5 heteroatoms. The van der Waals surface area contributed by atoms with Gasteiger partial charge in [0.1, 0.15) is 0 Å². The van der Waals surface area contributed by atoms with Crippen LogP contribution in [0.15, 0.2) is 164 Å². The van der Waals surface area contributed by atoms with Crippen LogP contribution in [0.3, 0.4) is 0 Å². The van der Waals surface area contributed by atoms with Gasteiger partial charge in [-0.25, -0.2) is 4.79 Å². The van der Waals surface area contributed by atoms with Gasteiger partial charge in [0.05, 0.1) is 27.8 Å². The Kier molecular flexibility index (Phi) is 6.11. The van der Waals surface area contributed by atoms with Gasteiger partial charge in [0.15, 0.2) is 0 Å². The lowest BCUT2D eigenvalue weighted by molar-refractivity contribution is 0.255. The van der Waals surface area contributed by atoms with Crippen LogP contribution in [0, 0.1) is 0 Å². The van der Waals surface area contributed by atoms with Gasteiger partial charge in [-0.3, -0.25) is 0 Å². The highest BCUT2D eigenvalue weighted by molar-refractivity contribution is 6.13. The van der Waals surface area contributed by atoms with Crippen molar-refractivity contribution in [3.8, 4) is 33.6 Å². The maximum atomic E-state index is 12.0. The smallest absolute Gasteiger partial charge is 0.309 e. The molecule has 2 N–H and O–H groups in total. The number of nitrogens with one attached hydrogen (secondary N) is 2. The van der Waals surface area contributed by atoms with Gasteiger partial charge < -0.3 is 19.8 Å². The van der Waals surface area contributed by atoms with Crippen LogP contribution in [0.4, 0.5) is 10.5 Å². The summed E-state index contributed by atoms with van der Waals surface area (Å²) in [4.78, 5) is 12.0. The predicted molar refractivity (Wildman–Crippen MR) is 207 cm³/mol. The van der Waals surface area contributed by atoms with E-state index in [0.717, 1.165) is 44.8 Å². The molecule has 1 aliphatic heterocycles. The Morgan fingerprint density at radius 3 is 1.42 bits per heavy atom. The highest BCUT2D eigenvalue weighted by atomic mass is 16.2. The molecule has 0 fully saturated rings. The Hall–Kier alpha value is -6.85. The normalized spacial score (nSPS) is 12.8. The van der Waals surface area contributed by atoms with E-state index < -0.39 is 0 Å². The van der Waals surface area contributed by atoms with Gasteiger partial charge in [-0.2, -0.15) is 0 Å². The first kappa shape index (κ1) is 28.2. The van der Waals surface area contributed by atoms with E-state index in [-0.39, 0.29) is 6.03 Å².